The SMILES string of the molecule is Nc1cccc(Oc2ccoc2)c1. The molecule has 2 aromatic rings. The van der Waals surface area contributed by atoms with Crippen LogP contribution >= 0.6 is 0 Å². The minimum absolute atomic E-state index is 0.672. The summed E-state index contributed by atoms with van der Waals surface area (Å²) >= 11 is 0. The van der Waals surface area contributed by atoms with Gasteiger partial charge < -0.3 is 14.9 Å². The molecule has 0 radical (unpaired) electrons. The van der Waals surface area contributed by atoms with Crippen LogP contribution in [0.2, 0.25) is 0 Å². The van der Waals surface area contributed by atoms with E-state index in [4.69, 9.17) is 14.9 Å². The highest BCUT2D eigenvalue weighted by molar-refractivity contribution is 5.44. The van der Waals surface area contributed by atoms with Crippen LogP contribution in [0, 0.1) is 0 Å². The van der Waals surface area contributed by atoms with Gasteiger partial charge in [-0.1, -0.05) is 6.07 Å². The molecule has 13 heavy (non-hydrogen) atoms. The Bertz CT molecular complexity index is 382. The quantitative estimate of drug-likeness (QED) is 0.714. The van der Waals surface area contributed by atoms with Crippen LogP contribution in [-0.2, 0) is 0 Å². The Kier molecular flexibility index (Phi) is 1.92. The maximum Gasteiger partial charge on any atom is 0.165 e. The molecule has 3 nitrogen and oxygen atoms in total. The molecular weight excluding hydrogens is 166 g/mol. The molecule has 0 amide bonds. The molecular formula is C10H9NO2. The molecule has 1 aromatic heterocycles. The van der Waals surface area contributed by atoms with Gasteiger partial charge in [-0.05, 0) is 12.1 Å². The van der Waals surface area contributed by atoms with E-state index in [1.54, 1.807) is 18.4 Å². The smallest absolute Gasteiger partial charge is 0.165 e. The molecule has 0 unspecified atom stereocenters. The third-order valence-electron chi connectivity index (χ3n) is 1.59. The summed E-state index contributed by atoms with van der Waals surface area (Å²) in [5.41, 5.74) is 6.27. The summed E-state index contributed by atoms with van der Waals surface area (Å²) < 4.78 is 10.3. The van der Waals surface area contributed by atoms with E-state index in [2.05, 4.69) is 0 Å². The first-order chi connectivity index (χ1) is 6.34. The van der Waals surface area contributed by atoms with Gasteiger partial charge in [-0.25, -0.2) is 0 Å². The molecule has 0 aliphatic rings. The highest BCUT2D eigenvalue weighted by Gasteiger charge is 1.97. The maximum atomic E-state index is 5.58. The van der Waals surface area contributed by atoms with E-state index in [0.29, 0.717) is 17.2 Å². The Morgan fingerprint density at radius 2 is 2.08 bits per heavy atom. The van der Waals surface area contributed by atoms with Crippen LogP contribution in [0.1, 0.15) is 0 Å². The molecule has 0 aliphatic heterocycles. The molecule has 0 aliphatic carbocycles. The molecule has 0 saturated heterocycles. The van der Waals surface area contributed by atoms with E-state index in [9.17, 15) is 0 Å². The zero-order valence-corrected chi connectivity index (χ0v) is 6.94. The Morgan fingerprint density at radius 1 is 1.15 bits per heavy atom. The second-order valence-electron chi connectivity index (χ2n) is 2.63. The molecule has 0 fully saturated rings. The summed E-state index contributed by atoms with van der Waals surface area (Å²) in [6.07, 6.45) is 3.09. The summed E-state index contributed by atoms with van der Waals surface area (Å²) in [5, 5.41) is 0. The van der Waals surface area contributed by atoms with E-state index < -0.39 is 0 Å². The second kappa shape index (κ2) is 3.23. The van der Waals surface area contributed by atoms with Gasteiger partial charge in [-0.15, -0.1) is 0 Å². The van der Waals surface area contributed by atoms with Crippen LogP contribution in [0.3, 0.4) is 0 Å². The van der Waals surface area contributed by atoms with Crippen LogP contribution < -0.4 is 10.5 Å². The van der Waals surface area contributed by atoms with Gasteiger partial charge in [0, 0.05) is 17.8 Å². The van der Waals surface area contributed by atoms with Crippen LogP contribution in [0.15, 0.2) is 47.3 Å². The van der Waals surface area contributed by atoms with E-state index >= 15 is 0 Å². The predicted octanol–water partition coefficient (Wildman–Crippen LogP) is 2.65. The van der Waals surface area contributed by atoms with Crippen molar-refractivity contribution in [1.29, 1.82) is 0 Å². The van der Waals surface area contributed by atoms with Crippen molar-refractivity contribution in [2.45, 2.75) is 0 Å². The maximum absolute atomic E-state index is 5.58. The molecule has 0 atom stereocenters. The largest absolute Gasteiger partial charge is 0.469 e. The lowest BCUT2D eigenvalue weighted by atomic mass is 10.3. The minimum atomic E-state index is 0.672. The van der Waals surface area contributed by atoms with Gasteiger partial charge in [0.05, 0.1) is 6.26 Å². The first-order valence-corrected chi connectivity index (χ1v) is 3.90. The van der Waals surface area contributed by atoms with Gasteiger partial charge >= 0.3 is 0 Å². The highest BCUT2D eigenvalue weighted by atomic mass is 16.5. The first-order valence-electron chi connectivity index (χ1n) is 3.90. The van der Waals surface area contributed by atoms with Gasteiger partial charge in [-0.3, -0.25) is 0 Å². The molecule has 2 N–H and O–H groups in total. The molecule has 1 aromatic carbocycles. The monoisotopic (exact) mass is 175 g/mol. The van der Waals surface area contributed by atoms with Gasteiger partial charge in [0.25, 0.3) is 0 Å². The van der Waals surface area contributed by atoms with Crippen LogP contribution in [0.4, 0.5) is 5.69 Å². The number of hydrogen-bond donors (Lipinski definition) is 1. The van der Waals surface area contributed by atoms with Crippen molar-refractivity contribution >= 4 is 5.69 Å². The zero-order valence-electron chi connectivity index (χ0n) is 6.94. The molecule has 66 valence electrons. The summed E-state index contributed by atoms with van der Waals surface area (Å²) in [5.74, 6) is 1.38. The lowest BCUT2D eigenvalue weighted by molar-refractivity contribution is 0.466. The van der Waals surface area contributed by atoms with Gasteiger partial charge in [0.15, 0.2) is 5.75 Å². The average Bonchev–Trinajstić information content (AvgIpc) is 2.57. The number of furan rings is 1. The third-order valence-corrected chi connectivity index (χ3v) is 1.59. The van der Waals surface area contributed by atoms with E-state index in [1.807, 2.05) is 18.2 Å². The summed E-state index contributed by atoms with van der Waals surface area (Å²) in [6, 6.07) is 8.98. The van der Waals surface area contributed by atoms with Gasteiger partial charge in [0.1, 0.15) is 12.0 Å². The summed E-state index contributed by atoms with van der Waals surface area (Å²) in [6.45, 7) is 0. The Hall–Kier alpha value is -1.90. The van der Waals surface area contributed by atoms with Crippen molar-refractivity contribution in [2.75, 3.05) is 5.73 Å². The third kappa shape index (κ3) is 1.82. The van der Waals surface area contributed by atoms with Crippen molar-refractivity contribution < 1.29 is 9.15 Å². The molecule has 1 heterocycles. The van der Waals surface area contributed by atoms with Crippen molar-refractivity contribution in [3.63, 3.8) is 0 Å². The summed E-state index contributed by atoms with van der Waals surface area (Å²) in [4.78, 5) is 0. The first kappa shape index (κ1) is 7.73. The lowest BCUT2D eigenvalue weighted by Gasteiger charge is -2.02. The Balaban J connectivity index is 2.19. The number of nitrogen functional groups attached to an aromatic ring is 1. The van der Waals surface area contributed by atoms with Crippen molar-refractivity contribution in [3.8, 4) is 11.5 Å². The molecule has 2 rings (SSSR count). The van der Waals surface area contributed by atoms with E-state index in [1.165, 1.54) is 6.26 Å². The normalized spacial score (nSPS) is 9.85. The molecule has 0 spiro atoms. The zero-order chi connectivity index (χ0) is 9.10. The van der Waals surface area contributed by atoms with Crippen molar-refractivity contribution in [1.82, 2.24) is 0 Å². The fraction of sp³-hybridized carbons (Fsp3) is 0. The molecule has 3 heteroatoms. The summed E-state index contributed by atoms with van der Waals surface area (Å²) in [7, 11) is 0. The van der Waals surface area contributed by atoms with E-state index in [-0.39, 0.29) is 0 Å². The molecule has 0 bridgehead atoms. The van der Waals surface area contributed by atoms with Gasteiger partial charge in [-0.2, -0.15) is 0 Å². The van der Waals surface area contributed by atoms with Gasteiger partial charge in [0.2, 0.25) is 0 Å². The predicted molar refractivity (Wildman–Crippen MR) is 49.6 cm³/mol. The number of ether oxygens (including phenoxy) is 1. The number of hydrogen-bond acceptors (Lipinski definition) is 3. The lowest BCUT2D eigenvalue weighted by Crippen LogP contribution is -1.86. The fourth-order valence-corrected chi connectivity index (χ4v) is 1.02. The van der Waals surface area contributed by atoms with Crippen molar-refractivity contribution in [2.24, 2.45) is 0 Å². The minimum Gasteiger partial charge on any atom is -0.469 e. The Morgan fingerprint density at radius 3 is 2.77 bits per heavy atom. The number of nitrogens with two attached hydrogens (primary N) is 1. The fourth-order valence-electron chi connectivity index (χ4n) is 1.02. The number of rotatable bonds is 2. The highest BCUT2D eigenvalue weighted by Crippen LogP contribution is 2.22. The number of benzene rings is 1. The van der Waals surface area contributed by atoms with Crippen LogP contribution in [-0.4, -0.2) is 0 Å². The van der Waals surface area contributed by atoms with Crippen LogP contribution in [0.5, 0.6) is 11.5 Å². The standard InChI is InChI=1S/C10H9NO2/c11-8-2-1-3-9(6-8)13-10-4-5-12-7-10/h1-7H,11H2. The Labute approximate surface area is 75.7 Å². The number of anilines is 1. The topological polar surface area (TPSA) is 48.4 Å². The van der Waals surface area contributed by atoms with Crippen molar-refractivity contribution in [3.05, 3.63) is 42.9 Å². The average molecular weight is 175 g/mol. The molecule has 0 saturated carbocycles. The second-order valence-corrected chi connectivity index (χ2v) is 2.63. The van der Waals surface area contributed by atoms with Crippen LogP contribution in [0.25, 0.3) is 0 Å². The van der Waals surface area contributed by atoms with E-state index in [0.717, 1.165) is 0 Å².